The Morgan fingerprint density at radius 3 is 2.70 bits per heavy atom. The number of aryl methyl sites for hydroxylation is 1. The first kappa shape index (κ1) is 19.1. The van der Waals surface area contributed by atoms with Crippen molar-refractivity contribution < 1.29 is 4.79 Å². The van der Waals surface area contributed by atoms with E-state index in [1.807, 2.05) is 38.1 Å². The Kier molecular flexibility index (Phi) is 5.91. The van der Waals surface area contributed by atoms with Crippen LogP contribution in [0.25, 0.3) is 0 Å². The Labute approximate surface area is 159 Å². The summed E-state index contributed by atoms with van der Waals surface area (Å²) in [6.07, 6.45) is 0.306. The highest BCUT2D eigenvalue weighted by Crippen LogP contribution is 2.14. The molecule has 1 atom stereocenters. The van der Waals surface area contributed by atoms with Crippen LogP contribution < -0.4 is 15.8 Å². The number of aromatic amines is 1. The van der Waals surface area contributed by atoms with Crippen LogP contribution >= 0.6 is 0 Å². The van der Waals surface area contributed by atoms with Crippen LogP contribution in [0.1, 0.15) is 29.8 Å². The zero-order valence-electron chi connectivity index (χ0n) is 16.2. The van der Waals surface area contributed by atoms with Crippen molar-refractivity contribution in [3.63, 3.8) is 0 Å². The SMILES string of the molecule is Cc1cccc(CC(=O)N[C@@H](C)c2cc(=O)[nH]c(N3CCN(C)CC3)n2)c1. The van der Waals surface area contributed by atoms with Gasteiger partial charge in [-0.05, 0) is 26.5 Å². The number of nitrogens with zero attached hydrogens (tertiary/aromatic N) is 3. The molecule has 1 fully saturated rings. The number of H-pyrrole nitrogens is 1. The van der Waals surface area contributed by atoms with E-state index in [0.29, 0.717) is 18.1 Å². The zero-order valence-corrected chi connectivity index (χ0v) is 16.2. The van der Waals surface area contributed by atoms with Gasteiger partial charge >= 0.3 is 0 Å². The van der Waals surface area contributed by atoms with Crippen LogP contribution in [0.2, 0.25) is 0 Å². The number of hydrogen-bond donors (Lipinski definition) is 2. The monoisotopic (exact) mass is 369 g/mol. The molecule has 0 aliphatic carbocycles. The Balaban J connectivity index is 1.68. The highest BCUT2D eigenvalue weighted by atomic mass is 16.1. The molecule has 0 bridgehead atoms. The third-order valence-corrected chi connectivity index (χ3v) is 4.82. The molecule has 1 aliphatic rings. The number of carbonyl (C=O) groups excluding carboxylic acids is 1. The number of amides is 1. The van der Waals surface area contributed by atoms with Crippen molar-refractivity contribution in [2.75, 3.05) is 38.1 Å². The van der Waals surface area contributed by atoms with Crippen molar-refractivity contribution in [1.82, 2.24) is 20.2 Å². The maximum atomic E-state index is 12.4. The highest BCUT2D eigenvalue weighted by Gasteiger charge is 2.19. The van der Waals surface area contributed by atoms with Crippen LogP contribution in [-0.2, 0) is 11.2 Å². The van der Waals surface area contributed by atoms with Crippen molar-refractivity contribution in [3.05, 3.63) is 57.5 Å². The average Bonchev–Trinajstić information content (AvgIpc) is 2.61. The first-order valence-electron chi connectivity index (χ1n) is 9.30. The van der Waals surface area contributed by atoms with Crippen LogP contribution in [0.5, 0.6) is 0 Å². The number of benzene rings is 1. The minimum Gasteiger partial charge on any atom is -0.348 e. The summed E-state index contributed by atoms with van der Waals surface area (Å²) in [5.74, 6) is 0.488. The van der Waals surface area contributed by atoms with Crippen LogP contribution in [0.3, 0.4) is 0 Å². The number of anilines is 1. The molecule has 27 heavy (non-hydrogen) atoms. The van der Waals surface area contributed by atoms with Gasteiger partial charge in [-0.1, -0.05) is 29.8 Å². The summed E-state index contributed by atoms with van der Waals surface area (Å²) < 4.78 is 0. The molecule has 2 aromatic rings. The lowest BCUT2D eigenvalue weighted by molar-refractivity contribution is -0.121. The Morgan fingerprint density at radius 2 is 2.00 bits per heavy atom. The van der Waals surface area contributed by atoms with Gasteiger partial charge in [0.05, 0.1) is 18.2 Å². The third-order valence-electron chi connectivity index (χ3n) is 4.82. The number of aromatic nitrogens is 2. The van der Waals surface area contributed by atoms with Crippen LogP contribution in [0, 0.1) is 6.92 Å². The lowest BCUT2D eigenvalue weighted by atomic mass is 10.1. The van der Waals surface area contributed by atoms with E-state index in [-0.39, 0.29) is 17.5 Å². The minimum absolute atomic E-state index is 0.0867. The van der Waals surface area contributed by atoms with Gasteiger partial charge in [-0.3, -0.25) is 14.6 Å². The van der Waals surface area contributed by atoms with E-state index in [2.05, 4.69) is 32.1 Å². The minimum atomic E-state index is -0.337. The molecule has 0 unspecified atom stereocenters. The van der Waals surface area contributed by atoms with Gasteiger partial charge in [0.15, 0.2) is 0 Å². The largest absolute Gasteiger partial charge is 0.348 e. The van der Waals surface area contributed by atoms with E-state index in [0.717, 1.165) is 37.3 Å². The van der Waals surface area contributed by atoms with E-state index < -0.39 is 0 Å². The molecule has 7 heteroatoms. The molecule has 0 radical (unpaired) electrons. The molecule has 7 nitrogen and oxygen atoms in total. The summed E-state index contributed by atoms with van der Waals surface area (Å²) in [6.45, 7) is 7.34. The molecule has 3 rings (SSSR count). The molecule has 144 valence electrons. The fraction of sp³-hybridized carbons (Fsp3) is 0.450. The fourth-order valence-electron chi connectivity index (χ4n) is 3.23. The molecule has 1 aromatic heterocycles. The number of carbonyl (C=O) groups is 1. The second kappa shape index (κ2) is 8.35. The van der Waals surface area contributed by atoms with Gasteiger partial charge in [-0.25, -0.2) is 4.98 Å². The Hall–Kier alpha value is -2.67. The molecule has 0 saturated carbocycles. The van der Waals surface area contributed by atoms with Crippen LogP contribution in [0.4, 0.5) is 5.95 Å². The van der Waals surface area contributed by atoms with Gasteiger partial charge in [0.1, 0.15) is 0 Å². The molecular weight excluding hydrogens is 342 g/mol. The predicted molar refractivity (Wildman–Crippen MR) is 106 cm³/mol. The summed E-state index contributed by atoms with van der Waals surface area (Å²) in [6, 6.07) is 9.01. The smallest absolute Gasteiger partial charge is 0.252 e. The molecule has 2 heterocycles. The van der Waals surface area contributed by atoms with E-state index in [9.17, 15) is 9.59 Å². The molecule has 1 aliphatic heterocycles. The highest BCUT2D eigenvalue weighted by molar-refractivity contribution is 5.79. The standard InChI is InChI=1S/C20H27N5O2/c1-14-5-4-6-16(11-14)12-18(26)21-15(2)17-13-19(27)23-20(22-17)25-9-7-24(3)8-10-25/h4-6,11,13,15H,7-10,12H2,1-3H3,(H,21,26)(H,22,23,27)/t15-/m0/s1. The zero-order chi connectivity index (χ0) is 19.4. The quantitative estimate of drug-likeness (QED) is 0.829. The first-order chi connectivity index (χ1) is 12.9. The lowest BCUT2D eigenvalue weighted by Crippen LogP contribution is -2.45. The topological polar surface area (TPSA) is 81.3 Å². The van der Waals surface area contributed by atoms with Crippen molar-refractivity contribution in [2.24, 2.45) is 0 Å². The van der Waals surface area contributed by atoms with Gasteiger partial charge < -0.3 is 15.1 Å². The van der Waals surface area contributed by atoms with E-state index in [1.165, 1.54) is 6.07 Å². The summed E-state index contributed by atoms with van der Waals surface area (Å²) in [5.41, 5.74) is 2.47. The summed E-state index contributed by atoms with van der Waals surface area (Å²) in [5, 5.41) is 2.95. The van der Waals surface area contributed by atoms with Crippen molar-refractivity contribution in [1.29, 1.82) is 0 Å². The number of rotatable bonds is 5. The fourth-order valence-corrected chi connectivity index (χ4v) is 3.23. The lowest BCUT2D eigenvalue weighted by Gasteiger charge is -2.32. The maximum Gasteiger partial charge on any atom is 0.252 e. The summed E-state index contributed by atoms with van der Waals surface area (Å²) in [4.78, 5) is 36.2. The van der Waals surface area contributed by atoms with Gasteiger partial charge in [0, 0.05) is 32.2 Å². The Morgan fingerprint density at radius 1 is 1.26 bits per heavy atom. The van der Waals surface area contributed by atoms with Crippen molar-refractivity contribution in [2.45, 2.75) is 26.3 Å². The molecule has 1 aromatic carbocycles. The van der Waals surface area contributed by atoms with E-state index in [1.54, 1.807) is 0 Å². The second-order valence-electron chi connectivity index (χ2n) is 7.24. The average molecular weight is 369 g/mol. The molecule has 2 N–H and O–H groups in total. The first-order valence-corrected chi connectivity index (χ1v) is 9.30. The van der Waals surface area contributed by atoms with Gasteiger partial charge in [0.25, 0.3) is 5.56 Å². The van der Waals surface area contributed by atoms with Crippen LogP contribution in [0.15, 0.2) is 35.1 Å². The number of likely N-dealkylation sites (N-methyl/N-ethyl adjacent to an activating group) is 1. The summed E-state index contributed by atoms with van der Waals surface area (Å²) in [7, 11) is 2.08. The van der Waals surface area contributed by atoms with E-state index in [4.69, 9.17) is 0 Å². The third kappa shape index (κ3) is 5.17. The van der Waals surface area contributed by atoms with Gasteiger partial charge in [-0.2, -0.15) is 0 Å². The normalized spacial score (nSPS) is 16.2. The van der Waals surface area contributed by atoms with Gasteiger partial charge in [-0.15, -0.1) is 0 Å². The molecule has 1 saturated heterocycles. The molecular formula is C20H27N5O2. The van der Waals surface area contributed by atoms with Gasteiger partial charge in [0.2, 0.25) is 11.9 Å². The number of piperazine rings is 1. The van der Waals surface area contributed by atoms with E-state index >= 15 is 0 Å². The van der Waals surface area contributed by atoms with Crippen LogP contribution in [-0.4, -0.2) is 54.0 Å². The second-order valence-corrected chi connectivity index (χ2v) is 7.24. The van der Waals surface area contributed by atoms with Crippen molar-refractivity contribution >= 4 is 11.9 Å². The summed E-state index contributed by atoms with van der Waals surface area (Å²) >= 11 is 0. The van der Waals surface area contributed by atoms with Crippen molar-refractivity contribution in [3.8, 4) is 0 Å². The predicted octanol–water partition coefficient (Wildman–Crippen LogP) is 1.25. The maximum absolute atomic E-state index is 12.4. The Bertz CT molecular complexity index is 855. The number of hydrogen-bond acceptors (Lipinski definition) is 5. The molecule has 0 spiro atoms. The number of nitrogens with one attached hydrogen (secondary N) is 2. The molecule has 1 amide bonds.